The van der Waals surface area contributed by atoms with Crippen molar-refractivity contribution >= 4 is 21.6 Å². The highest BCUT2D eigenvalue weighted by molar-refractivity contribution is 9.10. The second-order valence-corrected chi connectivity index (χ2v) is 5.09. The van der Waals surface area contributed by atoms with Crippen LogP contribution < -0.4 is 5.32 Å². The number of rotatable bonds is 4. The lowest BCUT2D eigenvalue weighted by Gasteiger charge is -2.05. The summed E-state index contributed by atoms with van der Waals surface area (Å²) in [6.45, 7) is 1.48. The molecule has 3 rings (SSSR count). The van der Waals surface area contributed by atoms with E-state index in [0.29, 0.717) is 6.54 Å². The van der Waals surface area contributed by atoms with Gasteiger partial charge in [-0.2, -0.15) is 0 Å². The van der Waals surface area contributed by atoms with Gasteiger partial charge in [0, 0.05) is 17.2 Å². The standard InChI is InChI=1S/C14H13BrN4/c15-12-6-2-1-5-11(12)9-16-10-14-18-17-13-7-3-4-8-19(13)14/h1-8,16H,9-10H2. The molecule has 3 aromatic rings. The maximum Gasteiger partial charge on any atom is 0.160 e. The summed E-state index contributed by atoms with van der Waals surface area (Å²) in [5.41, 5.74) is 2.11. The van der Waals surface area contributed by atoms with Gasteiger partial charge in [-0.3, -0.25) is 4.40 Å². The van der Waals surface area contributed by atoms with E-state index < -0.39 is 0 Å². The van der Waals surface area contributed by atoms with Gasteiger partial charge in [-0.05, 0) is 23.8 Å². The van der Waals surface area contributed by atoms with Crippen molar-refractivity contribution in [2.24, 2.45) is 0 Å². The van der Waals surface area contributed by atoms with E-state index in [1.54, 1.807) is 0 Å². The van der Waals surface area contributed by atoms with E-state index in [1.807, 2.05) is 47.0 Å². The summed E-state index contributed by atoms with van der Waals surface area (Å²) in [7, 11) is 0. The van der Waals surface area contributed by atoms with Gasteiger partial charge in [0.1, 0.15) is 0 Å². The van der Waals surface area contributed by atoms with Crippen LogP contribution in [0, 0.1) is 0 Å². The molecule has 19 heavy (non-hydrogen) atoms. The molecule has 1 N–H and O–H groups in total. The van der Waals surface area contributed by atoms with Crippen molar-refractivity contribution < 1.29 is 0 Å². The molecule has 1 aromatic carbocycles. The summed E-state index contributed by atoms with van der Waals surface area (Å²) in [6.07, 6.45) is 1.98. The lowest BCUT2D eigenvalue weighted by atomic mass is 10.2. The van der Waals surface area contributed by atoms with Crippen molar-refractivity contribution in [1.29, 1.82) is 0 Å². The molecule has 2 aromatic heterocycles. The van der Waals surface area contributed by atoms with Crippen molar-refractivity contribution in [3.8, 4) is 0 Å². The number of nitrogens with one attached hydrogen (secondary N) is 1. The Balaban J connectivity index is 1.68. The molecule has 0 spiro atoms. The number of benzene rings is 1. The third-order valence-corrected chi connectivity index (χ3v) is 3.71. The molecule has 0 amide bonds. The van der Waals surface area contributed by atoms with Crippen LogP contribution in [0.15, 0.2) is 53.1 Å². The van der Waals surface area contributed by atoms with E-state index in [0.717, 1.165) is 22.5 Å². The minimum absolute atomic E-state index is 0.687. The lowest BCUT2D eigenvalue weighted by Crippen LogP contribution is -2.15. The van der Waals surface area contributed by atoms with E-state index in [9.17, 15) is 0 Å². The van der Waals surface area contributed by atoms with E-state index >= 15 is 0 Å². The van der Waals surface area contributed by atoms with Crippen LogP contribution in [0.2, 0.25) is 0 Å². The largest absolute Gasteiger partial charge is 0.306 e. The SMILES string of the molecule is Brc1ccccc1CNCc1nnc2ccccn12. The molecule has 0 bridgehead atoms. The predicted octanol–water partition coefficient (Wildman–Crippen LogP) is 2.78. The summed E-state index contributed by atoms with van der Waals surface area (Å²) < 4.78 is 3.11. The van der Waals surface area contributed by atoms with Gasteiger partial charge >= 0.3 is 0 Å². The zero-order valence-corrected chi connectivity index (χ0v) is 11.8. The third-order valence-electron chi connectivity index (χ3n) is 2.94. The second-order valence-electron chi connectivity index (χ2n) is 4.24. The fraction of sp³-hybridized carbons (Fsp3) is 0.143. The summed E-state index contributed by atoms with van der Waals surface area (Å²) in [4.78, 5) is 0. The van der Waals surface area contributed by atoms with Crippen LogP contribution in [0.3, 0.4) is 0 Å². The average Bonchev–Trinajstić information content (AvgIpc) is 2.85. The molecule has 2 heterocycles. The Hall–Kier alpha value is -1.72. The topological polar surface area (TPSA) is 42.2 Å². The van der Waals surface area contributed by atoms with Gasteiger partial charge in [0.15, 0.2) is 11.5 Å². The molecule has 96 valence electrons. The number of halogens is 1. The maximum atomic E-state index is 4.19. The third kappa shape index (κ3) is 2.67. The van der Waals surface area contributed by atoms with Crippen molar-refractivity contribution in [1.82, 2.24) is 19.9 Å². The Kier molecular flexibility index (Phi) is 3.57. The zero-order chi connectivity index (χ0) is 13.1. The maximum absolute atomic E-state index is 4.19. The van der Waals surface area contributed by atoms with Crippen LogP contribution in [-0.4, -0.2) is 14.6 Å². The molecule has 0 saturated heterocycles. The van der Waals surface area contributed by atoms with Crippen molar-refractivity contribution in [3.63, 3.8) is 0 Å². The summed E-state index contributed by atoms with van der Waals surface area (Å²) in [5.74, 6) is 0.919. The Morgan fingerprint density at radius 2 is 1.84 bits per heavy atom. The molecule has 0 aliphatic rings. The number of aromatic nitrogens is 3. The molecule has 5 heteroatoms. The van der Waals surface area contributed by atoms with Crippen LogP contribution >= 0.6 is 15.9 Å². The Bertz CT molecular complexity index is 692. The minimum atomic E-state index is 0.687. The summed E-state index contributed by atoms with van der Waals surface area (Å²) >= 11 is 3.54. The summed E-state index contributed by atoms with van der Waals surface area (Å²) in [6, 6.07) is 14.1. The van der Waals surface area contributed by atoms with E-state index in [1.165, 1.54) is 5.56 Å². The fourth-order valence-electron chi connectivity index (χ4n) is 1.96. The first-order chi connectivity index (χ1) is 9.34. The van der Waals surface area contributed by atoms with Gasteiger partial charge < -0.3 is 5.32 Å². The Morgan fingerprint density at radius 1 is 1.00 bits per heavy atom. The van der Waals surface area contributed by atoms with E-state index in [4.69, 9.17) is 0 Å². The Labute approximate surface area is 119 Å². The van der Waals surface area contributed by atoms with Crippen LogP contribution in [0.4, 0.5) is 0 Å². The number of fused-ring (bicyclic) bond motifs is 1. The molecule has 0 saturated carbocycles. The van der Waals surface area contributed by atoms with Crippen LogP contribution in [0.5, 0.6) is 0 Å². The normalized spacial score (nSPS) is 11.0. The molecule has 0 fully saturated rings. The minimum Gasteiger partial charge on any atom is -0.306 e. The smallest absolute Gasteiger partial charge is 0.160 e. The molecule has 4 nitrogen and oxygen atoms in total. The molecule has 0 aliphatic carbocycles. The van der Waals surface area contributed by atoms with Gasteiger partial charge in [0.2, 0.25) is 0 Å². The van der Waals surface area contributed by atoms with Gasteiger partial charge in [0.05, 0.1) is 6.54 Å². The molecule has 0 radical (unpaired) electrons. The number of pyridine rings is 1. The molecular weight excluding hydrogens is 304 g/mol. The molecule has 0 aliphatic heterocycles. The van der Waals surface area contributed by atoms with Gasteiger partial charge in [-0.15, -0.1) is 10.2 Å². The number of hydrogen-bond acceptors (Lipinski definition) is 3. The lowest BCUT2D eigenvalue weighted by molar-refractivity contribution is 0.655. The van der Waals surface area contributed by atoms with Crippen LogP contribution in [0.25, 0.3) is 5.65 Å². The van der Waals surface area contributed by atoms with Gasteiger partial charge in [-0.25, -0.2) is 0 Å². The second kappa shape index (κ2) is 5.50. The van der Waals surface area contributed by atoms with Gasteiger partial charge in [-0.1, -0.05) is 40.2 Å². The van der Waals surface area contributed by atoms with Crippen molar-refractivity contribution in [2.45, 2.75) is 13.1 Å². The van der Waals surface area contributed by atoms with Crippen molar-refractivity contribution in [2.75, 3.05) is 0 Å². The monoisotopic (exact) mass is 316 g/mol. The molecular formula is C14H13BrN4. The predicted molar refractivity (Wildman–Crippen MR) is 77.7 cm³/mol. The number of hydrogen-bond donors (Lipinski definition) is 1. The first-order valence-corrected chi connectivity index (χ1v) is 6.86. The van der Waals surface area contributed by atoms with E-state index in [2.05, 4.69) is 37.5 Å². The first-order valence-electron chi connectivity index (χ1n) is 6.07. The van der Waals surface area contributed by atoms with Crippen molar-refractivity contribution in [3.05, 3.63) is 64.5 Å². The molecule has 0 atom stereocenters. The molecule has 0 unspecified atom stereocenters. The fourth-order valence-corrected chi connectivity index (χ4v) is 2.39. The van der Waals surface area contributed by atoms with E-state index in [-0.39, 0.29) is 0 Å². The highest BCUT2D eigenvalue weighted by Crippen LogP contribution is 2.15. The number of nitrogens with zero attached hydrogens (tertiary/aromatic N) is 3. The zero-order valence-electron chi connectivity index (χ0n) is 10.3. The van der Waals surface area contributed by atoms with Crippen LogP contribution in [0.1, 0.15) is 11.4 Å². The van der Waals surface area contributed by atoms with Gasteiger partial charge in [0.25, 0.3) is 0 Å². The highest BCUT2D eigenvalue weighted by atomic mass is 79.9. The first kappa shape index (κ1) is 12.3. The quantitative estimate of drug-likeness (QED) is 0.804. The van der Waals surface area contributed by atoms with Crippen LogP contribution in [-0.2, 0) is 13.1 Å². The average molecular weight is 317 g/mol. The Morgan fingerprint density at radius 3 is 2.74 bits per heavy atom. The summed E-state index contributed by atoms with van der Waals surface area (Å²) in [5, 5.41) is 11.7. The highest BCUT2D eigenvalue weighted by Gasteiger charge is 2.04.